The first-order valence-corrected chi connectivity index (χ1v) is 12.5. The van der Waals surface area contributed by atoms with Crippen molar-refractivity contribution in [3.8, 4) is 11.5 Å². The van der Waals surface area contributed by atoms with Crippen LogP contribution < -0.4 is 9.47 Å². The van der Waals surface area contributed by atoms with E-state index in [1.165, 1.54) is 64.2 Å². The second-order valence-corrected chi connectivity index (χ2v) is 8.65. The second-order valence-electron chi connectivity index (χ2n) is 8.65. The summed E-state index contributed by atoms with van der Waals surface area (Å²) in [4.78, 5) is 0. The van der Waals surface area contributed by atoms with Gasteiger partial charge in [0.2, 0.25) is 0 Å². The Labute approximate surface area is 188 Å². The van der Waals surface area contributed by atoms with Crippen LogP contribution in [0.4, 0.5) is 0 Å². The summed E-state index contributed by atoms with van der Waals surface area (Å²) in [6, 6.07) is 12.3. The predicted octanol–water partition coefficient (Wildman–Crippen LogP) is 9.06. The third-order valence-electron chi connectivity index (χ3n) is 5.95. The molecule has 0 aliphatic rings. The van der Waals surface area contributed by atoms with E-state index in [9.17, 15) is 0 Å². The van der Waals surface area contributed by atoms with E-state index in [1.807, 2.05) is 24.3 Å². The smallest absolute Gasteiger partial charge is 0.135 e. The minimum atomic E-state index is 0.778. The van der Waals surface area contributed by atoms with E-state index in [4.69, 9.17) is 13.9 Å². The zero-order valence-corrected chi connectivity index (χ0v) is 19.6. The second kappa shape index (κ2) is 13.3. The molecule has 31 heavy (non-hydrogen) atoms. The summed E-state index contributed by atoms with van der Waals surface area (Å²) in [5.74, 6) is 1.84. The van der Waals surface area contributed by atoms with Gasteiger partial charge in [-0.2, -0.15) is 0 Å². The molecule has 3 rings (SSSR count). The highest BCUT2D eigenvalue weighted by molar-refractivity contribution is 6.05. The van der Waals surface area contributed by atoms with Gasteiger partial charge in [0.1, 0.15) is 22.7 Å². The number of furan rings is 1. The van der Waals surface area contributed by atoms with Crippen molar-refractivity contribution in [3.05, 3.63) is 36.4 Å². The van der Waals surface area contributed by atoms with Gasteiger partial charge >= 0.3 is 0 Å². The highest BCUT2D eigenvalue weighted by Gasteiger charge is 2.10. The van der Waals surface area contributed by atoms with Crippen LogP contribution in [0.3, 0.4) is 0 Å². The molecule has 0 unspecified atom stereocenters. The molecule has 3 heteroatoms. The summed E-state index contributed by atoms with van der Waals surface area (Å²) < 4.78 is 18.0. The molecule has 3 aromatic rings. The van der Waals surface area contributed by atoms with Crippen molar-refractivity contribution in [1.82, 2.24) is 0 Å². The minimum absolute atomic E-state index is 0.778. The molecular formula is C28H40O3. The first kappa shape index (κ1) is 23.5. The molecule has 0 atom stereocenters. The van der Waals surface area contributed by atoms with Gasteiger partial charge < -0.3 is 13.9 Å². The van der Waals surface area contributed by atoms with E-state index in [0.29, 0.717) is 0 Å². The Hall–Kier alpha value is -2.16. The van der Waals surface area contributed by atoms with Gasteiger partial charge in [-0.3, -0.25) is 0 Å². The molecule has 170 valence electrons. The minimum Gasteiger partial charge on any atom is -0.494 e. The van der Waals surface area contributed by atoms with Crippen LogP contribution in [0.25, 0.3) is 21.9 Å². The molecule has 0 radical (unpaired) electrons. The third kappa shape index (κ3) is 7.48. The number of hydrogen-bond donors (Lipinski definition) is 0. The summed E-state index contributed by atoms with van der Waals surface area (Å²) in [6.45, 7) is 6.06. The summed E-state index contributed by atoms with van der Waals surface area (Å²) in [5.41, 5.74) is 1.80. The lowest BCUT2D eigenvalue weighted by molar-refractivity contribution is 0.304. The van der Waals surface area contributed by atoms with Crippen LogP contribution in [0.5, 0.6) is 11.5 Å². The molecule has 0 aliphatic carbocycles. The van der Waals surface area contributed by atoms with Crippen molar-refractivity contribution >= 4 is 21.9 Å². The van der Waals surface area contributed by atoms with E-state index < -0.39 is 0 Å². The average molecular weight is 425 g/mol. The molecule has 0 saturated carbocycles. The van der Waals surface area contributed by atoms with E-state index in [2.05, 4.69) is 26.0 Å². The molecule has 0 N–H and O–H groups in total. The number of fused-ring (bicyclic) bond motifs is 3. The zero-order valence-electron chi connectivity index (χ0n) is 19.6. The number of hydrogen-bond acceptors (Lipinski definition) is 3. The average Bonchev–Trinajstić information content (AvgIpc) is 3.15. The van der Waals surface area contributed by atoms with E-state index in [0.717, 1.165) is 59.5 Å². The van der Waals surface area contributed by atoms with Crippen molar-refractivity contribution in [1.29, 1.82) is 0 Å². The Bertz CT molecular complexity index is 824. The van der Waals surface area contributed by atoms with E-state index in [-0.39, 0.29) is 0 Å². The van der Waals surface area contributed by atoms with Gasteiger partial charge in [0.25, 0.3) is 0 Å². The fourth-order valence-corrected chi connectivity index (χ4v) is 4.06. The van der Waals surface area contributed by atoms with Crippen LogP contribution >= 0.6 is 0 Å². The Morgan fingerprint density at radius 2 is 0.968 bits per heavy atom. The fraction of sp³-hybridized carbons (Fsp3) is 0.571. The monoisotopic (exact) mass is 424 g/mol. The highest BCUT2D eigenvalue weighted by Crippen LogP contribution is 2.33. The van der Waals surface area contributed by atoms with Crippen molar-refractivity contribution in [2.45, 2.75) is 90.9 Å². The van der Waals surface area contributed by atoms with Crippen LogP contribution in [0, 0.1) is 0 Å². The van der Waals surface area contributed by atoms with Gasteiger partial charge in [-0.05, 0) is 49.2 Å². The lowest BCUT2D eigenvalue weighted by Gasteiger charge is -2.07. The molecule has 3 nitrogen and oxygen atoms in total. The van der Waals surface area contributed by atoms with Gasteiger partial charge in [0.05, 0.1) is 13.2 Å². The number of ether oxygens (including phenoxy) is 2. The lowest BCUT2D eigenvalue weighted by Crippen LogP contribution is -1.97. The van der Waals surface area contributed by atoms with Gasteiger partial charge in [-0.25, -0.2) is 0 Å². The molecule has 1 heterocycles. The standard InChI is InChI=1S/C28H40O3/c1-3-5-7-9-11-13-19-29-23-15-17-27-25(21-23)26-22-24(16-18-28(26)31-27)30-20-14-12-10-8-6-4-2/h15-18,21-22H,3-14,19-20H2,1-2H3. The van der Waals surface area contributed by atoms with E-state index in [1.54, 1.807) is 0 Å². The van der Waals surface area contributed by atoms with Crippen LogP contribution in [-0.4, -0.2) is 13.2 Å². The van der Waals surface area contributed by atoms with Gasteiger partial charge in [0.15, 0.2) is 0 Å². The van der Waals surface area contributed by atoms with Gasteiger partial charge in [-0.1, -0.05) is 78.1 Å². The first-order valence-electron chi connectivity index (χ1n) is 12.5. The zero-order chi connectivity index (χ0) is 21.7. The van der Waals surface area contributed by atoms with Crippen molar-refractivity contribution < 1.29 is 13.9 Å². The largest absolute Gasteiger partial charge is 0.494 e. The van der Waals surface area contributed by atoms with E-state index >= 15 is 0 Å². The fourth-order valence-electron chi connectivity index (χ4n) is 4.06. The summed E-state index contributed by atoms with van der Waals surface area (Å²) >= 11 is 0. The highest BCUT2D eigenvalue weighted by atomic mass is 16.5. The van der Waals surface area contributed by atoms with Crippen molar-refractivity contribution in [2.75, 3.05) is 13.2 Å². The number of unbranched alkanes of at least 4 members (excludes halogenated alkanes) is 10. The Morgan fingerprint density at radius 1 is 0.548 bits per heavy atom. The van der Waals surface area contributed by atoms with Gasteiger partial charge in [-0.15, -0.1) is 0 Å². The Kier molecular flexibility index (Phi) is 10.1. The summed E-state index contributed by atoms with van der Waals surface area (Å²) in [7, 11) is 0. The van der Waals surface area contributed by atoms with Crippen LogP contribution in [-0.2, 0) is 0 Å². The quantitative estimate of drug-likeness (QED) is 0.215. The lowest BCUT2D eigenvalue weighted by atomic mass is 10.1. The van der Waals surface area contributed by atoms with Crippen LogP contribution in [0.1, 0.15) is 90.9 Å². The van der Waals surface area contributed by atoms with Crippen LogP contribution in [0.2, 0.25) is 0 Å². The first-order chi connectivity index (χ1) is 15.3. The molecule has 0 spiro atoms. The SMILES string of the molecule is CCCCCCCCOc1ccc2oc3ccc(OCCCCCCCC)cc3c2c1. The maximum atomic E-state index is 6.02. The molecule has 0 fully saturated rings. The maximum absolute atomic E-state index is 6.02. The molecule has 0 saturated heterocycles. The molecule has 0 bridgehead atoms. The molecule has 0 aliphatic heterocycles. The molecule has 0 amide bonds. The summed E-state index contributed by atoms with van der Waals surface area (Å²) in [5, 5.41) is 2.20. The summed E-state index contributed by atoms with van der Waals surface area (Å²) in [6.07, 6.45) is 15.3. The maximum Gasteiger partial charge on any atom is 0.135 e. The predicted molar refractivity (Wildman–Crippen MR) is 131 cm³/mol. The molecule has 2 aromatic carbocycles. The number of rotatable bonds is 16. The van der Waals surface area contributed by atoms with Crippen molar-refractivity contribution in [2.24, 2.45) is 0 Å². The third-order valence-corrected chi connectivity index (χ3v) is 5.95. The van der Waals surface area contributed by atoms with Crippen LogP contribution in [0.15, 0.2) is 40.8 Å². The molecule has 1 aromatic heterocycles. The van der Waals surface area contributed by atoms with Gasteiger partial charge in [0, 0.05) is 10.8 Å². The Balaban J connectivity index is 1.53. The topological polar surface area (TPSA) is 31.6 Å². The van der Waals surface area contributed by atoms with Crippen molar-refractivity contribution in [3.63, 3.8) is 0 Å². The Morgan fingerprint density at radius 3 is 1.42 bits per heavy atom. The normalized spacial score (nSPS) is 11.4. The molecular weight excluding hydrogens is 384 g/mol. The number of benzene rings is 2.